The molecule has 8 nitrogen and oxygen atoms in total. The van der Waals surface area contributed by atoms with Crippen molar-refractivity contribution in [3.8, 4) is 0 Å². The zero-order valence-electron chi connectivity index (χ0n) is 16.2. The van der Waals surface area contributed by atoms with Crippen LogP contribution in [0.5, 0.6) is 0 Å². The van der Waals surface area contributed by atoms with Crippen LogP contribution in [0.15, 0.2) is 4.99 Å². The van der Waals surface area contributed by atoms with E-state index in [1.807, 2.05) is 30.3 Å². The number of rotatable bonds is 4. The van der Waals surface area contributed by atoms with Gasteiger partial charge in [-0.05, 0) is 40.5 Å². The molecule has 144 valence electrons. The minimum atomic E-state index is 0. The zero-order chi connectivity index (χ0) is 18.0. The van der Waals surface area contributed by atoms with Gasteiger partial charge < -0.3 is 10.6 Å². The SMILES string of the molecule is CCNC(=NCc1c(C)nn(C)c1C)NC1CCCn2nc(C)nc21.I. The van der Waals surface area contributed by atoms with Gasteiger partial charge in [-0.3, -0.25) is 4.68 Å². The number of guanidine groups is 1. The summed E-state index contributed by atoms with van der Waals surface area (Å²) < 4.78 is 3.92. The molecule has 0 spiro atoms. The van der Waals surface area contributed by atoms with Gasteiger partial charge in [-0.2, -0.15) is 10.2 Å². The van der Waals surface area contributed by atoms with E-state index in [4.69, 9.17) is 4.99 Å². The number of nitrogens with zero attached hydrogens (tertiary/aromatic N) is 6. The smallest absolute Gasteiger partial charge is 0.192 e. The highest BCUT2D eigenvalue weighted by Gasteiger charge is 2.24. The van der Waals surface area contributed by atoms with Crippen LogP contribution in [0.2, 0.25) is 0 Å². The lowest BCUT2D eigenvalue weighted by atomic mass is 10.1. The van der Waals surface area contributed by atoms with Crippen molar-refractivity contribution in [2.24, 2.45) is 12.0 Å². The first kappa shape index (κ1) is 20.7. The number of fused-ring (bicyclic) bond motifs is 1. The van der Waals surface area contributed by atoms with E-state index >= 15 is 0 Å². The minimum absolute atomic E-state index is 0. The Morgan fingerprint density at radius 3 is 2.69 bits per heavy atom. The second-order valence-corrected chi connectivity index (χ2v) is 6.55. The van der Waals surface area contributed by atoms with Crippen molar-refractivity contribution in [2.75, 3.05) is 6.54 Å². The lowest BCUT2D eigenvalue weighted by Crippen LogP contribution is -2.41. The van der Waals surface area contributed by atoms with Crippen LogP contribution in [0.3, 0.4) is 0 Å². The van der Waals surface area contributed by atoms with E-state index in [1.54, 1.807) is 0 Å². The van der Waals surface area contributed by atoms with Crippen LogP contribution in [0, 0.1) is 20.8 Å². The van der Waals surface area contributed by atoms with E-state index < -0.39 is 0 Å². The summed E-state index contributed by atoms with van der Waals surface area (Å²) in [6.45, 7) is 10.5. The van der Waals surface area contributed by atoms with E-state index in [1.165, 1.54) is 5.56 Å². The van der Waals surface area contributed by atoms with Crippen LogP contribution < -0.4 is 10.6 Å². The van der Waals surface area contributed by atoms with Gasteiger partial charge in [-0.15, -0.1) is 24.0 Å². The average molecular weight is 472 g/mol. The van der Waals surface area contributed by atoms with Crippen LogP contribution in [0.4, 0.5) is 0 Å². The lowest BCUT2D eigenvalue weighted by Gasteiger charge is -2.25. The normalized spacial score (nSPS) is 16.8. The molecule has 0 radical (unpaired) electrons. The molecule has 1 aliphatic heterocycles. The number of nitrogens with one attached hydrogen (secondary N) is 2. The average Bonchev–Trinajstić information content (AvgIpc) is 3.06. The maximum absolute atomic E-state index is 4.78. The molecule has 3 rings (SSSR count). The van der Waals surface area contributed by atoms with Crippen molar-refractivity contribution in [1.82, 2.24) is 35.2 Å². The number of halogens is 1. The summed E-state index contributed by atoms with van der Waals surface area (Å²) in [5.74, 6) is 2.64. The standard InChI is InChI=1S/C17H28N8.HI/c1-6-18-17(19-10-14-11(2)22-24(5)12(14)3)21-15-8-7-9-25-16(15)20-13(4)23-25;/h15H,6-10H2,1-5H3,(H2,18,19,21);1H. The predicted molar refractivity (Wildman–Crippen MR) is 113 cm³/mol. The molecular formula is C17H29IN8. The Kier molecular flexibility index (Phi) is 7.01. The molecule has 26 heavy (non-hydrogen) atoms. The van der Waals surface area contributed by atoms with Gasteiger partial charge in [-0.1, -0.05) is 0 Å². The van der Waals surface area contributed by atoms with Crippen LogP contribution in [-0.2, 0) is 20.1 Å². The molecule has 0 amide bonds. The van der Waals surface area contributed by atoms with Gasteiger partial charge in [-0.25, -0.2) is 14.7 Å². The van der Waals surface area contributed by atoms with Crippen molar-refractivity contribution in [2.45, 2.75) is 59.7 Å². The largest absolute Gasteiger partial charge is 0.357 e. The Labute approximate surface area is 171 Å². The van der Waals surface area contributed by atoms with Crippen molar-refractivity contribution < 1.29 is 0 Å². The van der Waals surface area contributed by atoms with E-state index in [0.29, 0.717) is 6.54 Å². The molecule has 0 fully saturated rings. The van der Waals surface area contributed by atoms with Crippen molar-refractivity contribution in [3.63, 3.8) is 0 Å². The highest BCUT2D eigenvalue weighted by molar-refractivity contribution is 14.0. The second-order valence-electron chi connectivity index (χ2n) is 6.55. The van der Waals surface area contributed by atoms with Crippen LogP contribution in [-0.4, -0.2) is 37.0 Å². The summed E-state index contributed by atoms with van der Waals surface area (Å²) in [6.07, 6.45) is 2.13. The molecule has 2 aromatic heterocycles. The molecule has 0 saturated heterocycles. The maximum Gasteiger partial charge on any atom is 0.192 e. The molecule has 0 aliphatic carbocycles. The molecule has 0 bridgehead atoms. The minimum Gasteiger partial charge on any atom is -0.357 e. The van der Waals surface area contributed by atoms with E-state index in [0.717, 1.165) is 54.9 Å². The molecule has 2 aromatic rings. The molecule has 3 heterocycles. The predicted octanol–water partition coefficient (Wildman–Crippen LogP) is 2.15. The number of hydrogen-bond acceptors (Lipinski definition) is 4. The zero-order valence-corrected chi connectivity index (χ0v) is 18.5. The number of aliphatic imine (C=N–C) groups is 1. The molecule has 9 heteroatoms. The fraction of sp³-hybridized carbons (Fsp3) is 0.647. The second kappa shape index (κ2) is 8.83. The monoisotopic (exact) mass is 472 g/mol. The Hall–Kier alpha value is -1.65. The highest BCUT2D eigenvalue weighted by Crippen LogP contribution is 2.23. The third-order valence-electron chi connectivity index (χ3n) is 4.69. The van der Waals surface area contributed by atoms with Crippen molar-refractivity contribution in [1.29, 1.82) is 0 Å². The van der Waals surface area contributed by atoms with E-state index in [2.05, 4.69) is 39.7 Å². The Morgan fingerprint density at radius 1 is 1.27 bits per heavy atom. The Morgan fingerprint density at radius 2 is 2.04 bits per heavy atom. The van der Waals surface area contributed by atoms with E-state index in [-0.39, 0.29) is 30.0 Å². The van der Waals surface area contributed by atoms with Crippen molar-refractivity contribution in [3.05, 3.63) is 28.6 Å². The van der Waals surface area contributed by atoms with Gasteiger partial charge in [0.15, 0.2) is 5.96 Å². The summed E-state index contributed by atoms with van der Waals surface area (Å²) in [4.78, 5) is 9.37. The third kappa shape index (κ3) is 4.36. The van der Waals surface area contributed by atoms with Gasteiger partial charge in [0.25, 0.3) is 0 Å². The van der Waals surface area contributed by atoms with Crippen molar-refractivity contribution >= 4 is 29.9 Å². The molecule has 2 N–H and O–H groups in total. The van der Waals surface area contributed by atoms with Crippen LogP contribution in [0.25, 0.3) is 0 Å². The highest BCUT2D eigenvalue weighted by atomic mass is 127. The molecule has 0 saturated carbocycles. The maximum atomic E-state index is 4.78. The topological polar surface area (TPSA) is 85.0 Å². The third-order valence-corrected chi connectivity index (χ3v) is 4.69. The van der Waals surface area contributed by atoms with Gasteiger partial charge in [0.05, 0.1) is 18.3 Å². The fourth-order valence-electron chi connectivity index (χ4n) is 3.29. The first-order chi connectivity index (χ1) is 12.0. The summed E-state index contributed by atoms with van der Waals surface area (Å²) >= 11 is 0. The Bertz CT molecular complexity index is 776. The molecule has 1 unspecified atom stereocenters. The fourth-order valence-corrected chi connectivity index (χ4v) is 3.29. The van der Waals surface area contributed by atoms with Crippen LogP contribution in [0.1, 0.15) is 54.4 Å². The number of hydrogen-bond donors (Lipinski definition) is 2. The molecule has 1 atom stereocenters. The quantitative estimate of drug-likeness (QED) is 0.405. The summed E-state index contributed by atoms with van der Waals surface area (Å²) in [7, 11) is 1.97. The number of aryl methyl sites for hydroxylation is 4. The van der Waals surface area contributed by atoms with Crippen LogP contribution >= 0.6 is 24.0 Å². The molecule has 1 aliphatic rings. The van der Waals surface area contributed by atoms with Gasteiger partial charge in [0.1, 0.15) is 11.6 Å². The van der Waals surface area contributed by atoms with Gasteiger partial charge in [0, 0.05) is 31.4 Å². The van der Waals surface area contributed by atoms with Gasteiger partial charge >= 0.3 is 0 Å². The lowest BCUT2D eigenvalue weighted by molar-refractivity contribution is 0.397. The first-order valence-corrected chi connectivity index (χ1v) is 8.94. The van der Waals surface area contributed by atoms with Gasteiger partial charge in [0.2, 0.25) is 0 Å². The number of aromatic nitrogens is 5. The summed E-state index contributed by atoms with van der Waals surface area (Å²) in [5.41, 5.74) is 3.38. The molecule has 0 aromatic carbocycles. The summed E-state index contributed by atoms with van der Waals surface area (Å²) in [6, 6.07) is 0.142. The van der Waals surface area contributed by atoms with E-state index in [9.17, 15) is 0 Å². The first-order valence-electron chi connectivity index (χ1n) is 8.94. The molecular weight excluding hydrogens is 443 g/mol. The Balaban J connectivity index is 0.00000243. The summed E-state index contributed by atoms with van der Waals surface area (Å²) in [5, 5.41) is 15.8.